The molecular formula is C27H23ClN4O2S2. The second-order valence-corrected chi connectivity index (χ2v) is 11.3. The van der Waals surface area contributed by atoms with E-state index in [2.05, 4.69) is 28.4 Å². The van der Waals surface area contributed by atoms with Gasteiger partial charge in [-0.1, -0.05) is 54.0 Å². The van der Waals surface area contributed by atoms with E-state index < -0.39 is 0 Å². The van der Waals surface area contributed by atoms with Gasteiger partial charge in [0, 0.05) is 29.1 Å². The molecule has 0 spiro atoms. The summed E-state index contributed by atoms with van der Waals surface area (Å²) in [6, 6.07) is 15.5. The molecule has 1 N–H and O–H groups in total. The van der Waals surface area contributed by atoms with Crippen LogP contribution in [0.1, 0.15) is 33.5 Å². The Balaban J connectivity index is 1.44. The molecule has 0 fully saturated rings. The fraction of sp³-hybridized carbons (Fsp3) is 0.222. The molecule has 0 bridgehead atoms. The number of anilines is 1. The van der Waals surface area contributed by atoms with Gasteiger partial charge in [-0.15, -0.1) is 22.7 Å². The topological polar surface area (TPSA) is 71.3 Å². The van der Waals surface area contributed by atoms with E-state index in [1.807, 2.05) is 36.4 Å². The number of rotatable bonds is 5. The minimum absolute atomic E-state index is 0.267. The maximum atomic E-state index is 13.7. The van der Waals surface area contributed by atoms with Gasteiger partial charge in [-0.25, -0.2) is 4.98 Å². The van der Waals surface area contributed by atoms with Crippen molar-refractivity contribution in [3.63, 3.8) is 0 Å². The molecule has 0 atom stereocenters. The zero-order chi connectivity index (χ0) is 24.8. The number of carbonyl (C=O) groups is 1. The predicted molar refractivity (Wildman–Crippen MR) is 147 cm³/mol. The number of fused-ring (bicyclic) bond motifs is 2. The molecule has 182 valence electrons. The van der Waals surface area contributed by atoms with E-state index in [-0.39, 0.29) is 5.91 Å². The van der Waals surface area contributed by atoms with Crippen molar-refractivity contribution in [1.29, 1.82) is 0 Å². The summed E-state index contributed by atoms with van der Waals surface area (Å²) < 4.78 is 6.58. The second kappa shape index (κ2) is 9.44. The van der Waals surface area contributed by atoms with Gasteiger partial charge in [0.2, 0.25) is 0 Å². The summed E-state index contributed by atoms with van der Waals surface area (Å²) in [5.74, 6) is 0.180. The third-order valence-corrected chi connectivity index (χ3v) is 9.05. The average Bonchev–Trinajstić information content (AvgIpc) is 3.57. The Morgan fingerprint density at radius 2 is 1.97 bits per heavy atom. The summed E-state index contributed by atoms with van der Waals surface area (Å²) in [5, 5.41) is 9.63. The quantitative estimate of drug-likeness (QED) is 0.257. The standard InChI is InChI=1S/C27H23ClN4O2S2/c1-3-32-13-12-17-21(14-32)36-27(23(17)26-29-19-10-6-7-11-20(19)35-26)30-25(33)22-15(2)34-31-24(22)16-8-4-5-9-18(16)28/h4-11H,3,12-14H2,1-2H3,(H,30,33). The molecule has 0 unspecified atom stereocenters. The molecule has 6 nitrogen and oxygen atoms in total. The maximum absolute atomic E-state index is 13.7. The zero-order valence-electron chi connectivity index (χ0n) is 19.8. The van der Waals surface area contributed by atoms with Gasteiger partial charge in [0.1, 0.15) is 27.0 Å². The van der Waals surface area contributed by atoms with Crippen molar-refractivity contribution in [1.82, 2.24) is 15.0 Å². The number of likely N-dealkylation sites (N-methyl/N-ethyl adjacent to an activating group) is 1. The van der Waals surface area contributed by atoms with Crippen LogP contribution in [0.2, 0.25) is 5.02 Å². The Kier molecular flexibility index (Phi) is 6.13. The third-order valence-electron chi connectivity index (χ3n) is 6.54. The molecule has 4 heterocycles. The summed E-state index contributed by atoms with van der Waals surface area (Å²) in [4.78, 5) is 22.4. The number of amides is 1. The minimum Gasteiger partial charge on any atom is -0.360 e. The number of aromatic nitrogens is 2. The minimum atomic E-state index is -0.267. The number of aryl methyl sites for hydroxylation is 1. The van der Waals surface area contributed by atoms with Crippen LogP contribution in [0.3, 0.4) is 0 Å². The SMILES string of the molecule is CCN1CCc2c(sc(NC(=O)c3c(-c4ccccc4Cl)noc3C)c2-c2nc3ccccc3s2)C1. The monoisotopic (exact) mass is 534 g/mol. The van der Waals surface area contributed by atoms with Crippen LogP contribution >= 0.6 is 34.3 Å². The fourth-order valence-corrected chi connectivity index (χ4v) is 7.28. The van der Waals surface area contributed by atoms with E-state index in [9.17, 15) is 4.79 Å². The molecule has 1 amide bonds. The molecule has 0 saturated heterocycles. The van der Waals surface area contributed by atoms with Crippen molar-refractivity contribution in [2.75, 3.05) is 18.4 Å². The number of hydrogen-bond donors (Lipinski definition) is 1. The Morgan fingerprint density at radius 3 is 2.78 bits per heavy atom. The first-order chi connectivity index (χ1) is 17.5. The first-order valence-corrected chi connectivity index (χ1v) is 13.8. The normalized spacial score (nSPS) is 13.8. The lowest BCUT2D eigenvalue weighted by Crippen LogP contribution is -2.29. The lowest BCUT2D eigenvalue weighted by atomic mass is 10.0. The van der Waals surface area contributed by atoms with E-state index in [0.717, 1.165) is 51.8 Å². The van der Waals surface area contributed by atoms with Gasteiger partial charge in [0.25, 0.3) is 5.91 Å². The molecule has 0 saturated carbocycles. The van der Waals surface area contributed by atoms with Gasteiger partial charge < -0.3 is 9.84 Å². The predicted octanol–water partition coefficient (Wildman–Crippen LogP) is 7.27. The van der Waals surface area contributed by atoms with E-state index in [0.29, 0.717) is 27.6 Å². The van der Waals surface area contributed by atoms with Gasteiger partial charge >= 0.3 is 0 Å². The summed E-state index contributed by atoms with van der Waals surface area (Å²) in [7, 11) is 0. The van der Waals surface area contributed by atoms with Crippen LogP contribution < -0.4 is 5.32 Å². The average molecular weight is 535 g/mol. The third kappa shape index (κ3) is 4.04. The Labute approximate surface area is 221 Å². The van der Waals surface area contributed by atoms with Crippen LogP contribution in [-0.4, -0.2) is 34.0 Å². The van der Waals surface area contributed by atoms with Crippen molar-refractivity contribution in [2.45, 2.75) is 26.8 Å². The lowest BCUT2D eigenvalue weighted by molar-refractivity contribution is 0.102. The molecule has 1 aliphatic heterocycles. The highest BCUT2D eigenvalue weighted by molar-refractivity contribution is 7.23. The van der Waals surface area contributed by atoms with Crippen molar-refractivity contribution >= 4 is 55.4 Å². The number of nitrogens with one attached hydrogen (secondary N) is 1. The molecule has 36 heavy (non-hydrogen) atoms. The largest absolute Gasteiger partial charge is 0.360 e. The van der Waals surface area contributed by atoms with Gasteiger partial charge in [-0.05, 0) is 43.7 Å². The molecule has 9 heteroatoms. The Bertz CT molecular complexity index is 1570. The van der Waals surface area contributed by atoms with Gasteiger partial charge in [-0.2, -0.15) is 0 Å². The fourth-order valence-electron chi connectivity index (χ4n) is 4.66. The van der Waals surface area contributed by atoms with Crippen molar-refractivity contribution in [3.05, 3.63) is 75.3 Å². The number of hydrogen-bond acceptors (Lipinski definition) is 7. The first kappa shape index (κ1) is 23.4. The molecule has 2 aromatic carbocycles. The van der Waals surface area contributed by atoms with Gasteiger partial charge in [-0.3, -0.25) is 9.69 Å². The number of nitrogens with zero attached hydrogens (tertiary/aromatic N) is 3. The highest BCUT2D eigenvalue weighted by atomic mass is 35.5. The van der Waals surface area contributed by atoms with Crippen molar-refractivity contribution < 1.29 is 9.32 Å². The molecule has 6 rings (SSSR count). The smallest absolute Gasteiger partial charge is 0.262 e. The van der Waals surface area contributed by atoms with Crippen LogP contribution in [0.15, 0.2) is 53.1 Å². The molecular weight excluding hydrogens is 512 g/mol. The summed E-state index contributed by atoms with van der Waals surface area (Å²) in [5.41, 5.74) is 4.78. The highest BCUT2D eigenvalue weighted by Crippen LogP contribution is 2.46. The number of carbonyl (C=O) groups excluding carboxylic acids is 1. The van der Waals surface area contributed by atoms with Crippen molar-refractivity contribution in [2.24, 2.45) is 0 Å². The van der Waals surface area contributed by atoms with Gasteiger partial charge in [0.05, 0.1) is 15.2 Å². The van der Waals surface area contributed by atoms with Crippen molar-refractivity contribution in [3.8, 4) is 21.8 Å². The number of benzene rings is 2. The molecule has 3 aromatic heterocycles. The lowest BCUT2D eigenvalue weighted by Gasteiger charge is -2.25. The Morgan fingerprint density at radius 1 is 1.17 bits per heavy atom. The van der Waals surface area contributed by atoms with E-state index in [4.69, 9.17) is 21.1 Å². The molecule has 0 radical (unpaired) electrons. The second-order valence-electron chi connectivity index (χ2n) is 8.71. The number of para-hydroxylation sites is 1. The van der Waals surface area contributed by atoms with Crippen LogP contribution in [0, 0.1) is 6.92 Å². The first-order valence-electron chi connectivity index (χ1n) is 11.8. The number of thiophene rings is 1. The number of halogens is 1. The van der Waals surface area contributed by atoms with Crippen LogP contribution in [0.5, 0.6) is 0 Å². The summed E-state index contributed by atoms with van der Waals surface area (Å²) >= 11 is 9.72. The van der Waals surface area contributed by atoms with Crippen LogP contribution in [0.25, 0.3) is 32.0 Å². The van der Waals surface area contributed by atoms with E-state index in [1.165, 1.54) is 10.4 Å². The Hall–Kier alpha value is -3.04. The van der Waals surface area contributed by atoms with Crippen LogP contribution in [0.4, 0.5) is 5.00 Å². The van der Waals surface area contributed by atoms with Crippen LogP contribution in [-0.2, 0) is 13.0 Å². The van der Waals surface area contributed by atoms with E-state index in [1.54, 1.807) is 35.7 Å². The van der Waals surface area contributed by atoms with Gasteiger partial charge in [0.15, 0.2) is 0 Å². The number of thiazole rings is 1. The summed E-state index contributed by atoms with van der Waals surface area (Å²) in [6.07, 6.45) is 0.929. The molecule has 1 aliphatic rings. The molecule has 0 aliphatic carbocycles. The summed E-state index contributed by atoms with van der Waals surface area (Å²) in [6.45, 7) is 6.79. The molecule has 5 aromatic rings. The van der Waals surface area contributed by atoms with E-state index >= 15 is 0 Å². The highest BCUT2D eigenvalue weighted by Gasteiger charge is 2.29. The zero-order valence-corrected chi connectivity index (χ0v) is 22.2. The maximum Gasteiger partial charge on any atom is 0.262 e.